The quantitative estimate of drug-likeness (QED) is 0.755. The summed E-state index contributed by atoms with van der Waals surface area (Å²) in [6.45, 7) is 8.33. The highest BCUT2D eigenvalue weighted by Crippen LogP contribution is 2.24. The minimum atomic E-state index is 0.0690. The SMILES string of the molecule is CCNC(C)c1ccc(OC)c(COC(C)COC)c1. The molecule has 4 nitrogen and oxygen atoms in total. The Balaban J connectivity index is 2.78. The maximum atomic E-state index is 5.78. The molecule has 0 aliphatic rings. The lowest BCUT2D eigenvalue weighted by atomic mass is 10.0. The van der Waals surface area contributed by atoms with E-state index in [1.807, 2.05) is 13.0 Å². The van der Waals surface area contributed by atoms with E-state index in [0.717, 1.165) is 17.9 Å². The largest absolute Gasteiger partial charge is 0.496 e. The van der Waals surface area contributed by atoms with Crippen molar-refractivity contribution in [3.8, 4) is 5.75 Å². The average molecular weight is 281 g/mol. The van der Waals surface area contributed by atoms with Gasteiger partial charge in [0, 0.05) is 18.7 Å². The lowest BCUT2D eigenvalue weighted by molar-refractivity contribution is -0.000762. The maximum Gasteiger partial charge on any atom is 0.124 e. The fraction of sp³-hybridized carbons (Fsp3) is 0.625. The summed E-state index contributed by atoms with van der Waals surface area (Å²) in [4.78, 5) is 0. The van der Waals surface area contributed by atoms with Crippen LogP contribution in [0.1, 0.15) is 37.9 Å². The van der Waals surface area contributed by atoms with Gasteiger partial charge in [-0.25, -0.2) is 0 Å². The van der Waals surface area contributed by atoms with Crippen LogP contribution >= 0.6 is 0 Å². The first-order valence-corrected chi connectivity index (χ1v) is 7.13. The molecule has 0 bridgehead atoms. The number of methoxy groups -OCH3 is 2. The van der Waals surface area contributed by atoms with Crippen molar-refractivity contribution in [3.63, 3.8) is 0 Å². The van der Waals surface area contributed by atoms with Crippen LogP contribution in [0.5, 0.6) is 5.75 Å². The molecular weight excluding hydrogens is 254 g/mol. The number of ether oxygens (including phenoxy) is 3. The van der Waals surface area contributed by atoms with Gasteiger partial charge < -0.3 is 19.5 Å². The zero-order valence-electron chi connectivity index (χ0n) is 13.2. The Morgan fingerprint density at radius 1 is 1.20 bits per heavy atom. The Kier molecular flexibility index (Phi) is 7.59. The number of benzene rings is 1. The van der Waals surface area contributed by atoms with Gasteiger partial charge in [0.2, 0.25) is 0 Å². The zero-order chi connectivity index (χ0) is 15.0. The Bertz CT molecular complexity index is 395. The van der Waals surface area contributed by atoms with Crippen LogP contribution in [0, 0.1) is 0 Å². The molecule has 0 heterocycles. The normalized spacial score (nSPS) is 14.1. The summed E-state index contributed by atoms with van der Waals surface area (Å²) in [5.74, 6) is 0.863. The molecule has 1 rings (SSSR count). The second-order valence-corrected chi connectivity index (χ2v) is 4.93. The lowest BCUT2D eigenvalue weighted by Crippen LogP contribution is -2.18. The van der Waals surface area contributed by atoms with Crippen LogP contribution in [0.3, 0.4) is 0 Å². The van der Waals surface area contributed by atoms with Crippen LogP contribution in [-0.2, 0) is 16.1 Å². The van der Waals surface area contributed by atoms with E-state index in [1.165, 1.54) is 5.56 Å². The zero-order valence-corrected chi connectivity index (χ0v) is 13.2. The van der Waals surface area contributed by atoms with E-state index >= 15 is 0 Å². The van der Waals surface area contributed by atoms with Gasteiger partial charge in [-0.1, -0.05) is 13.0 Å². The highest BCUT2D eigenvalue weighted by molar-refractivity contribution is 5.38. The first kappa shape index (κ1) is 17.0. The van der Waals surface area contributed by atoms with Gasteiger partial charge in [-0.05, 0) is 38.1 Å². The fourth-order valence-electron chi connectivity index (χ4n) is 2.12. The second-order valence-electron chi connectivity index (χ2n) is 4.93. The Morgan fingerprint density at radius 2 is 1.95 bits per heavy atom. The minimum Gasteiger partial charge on any atom is -0.496 e. The van der Waals surface area contributed by atoms with Crippen molar-refractivity contribution in [2.45, 2.75) is 39.5 Å². The van der Waals surface area contributed by atoms with Crippen LogP contribution in [0.15, 0.2) is 18.2 Å². The molecule has 0 aromatic heterocycles. The Morgan fingerprint density at radius 3 is 2.55 bits per heavy atom. The number of hydrogen-bond acceptors (Lipinski definition) is 4. The summed E-state index contributed by atoms with van der Waals surface area (Å²) in [5.41, 5.74) is 2.31. The molecule has 2 unspecified atom stereocenters. The molecule has 0 fully saturated rings. The maximum absolute atomic E-state index is 5.78. The molecule has 0 aliphatic carbocycles. The van der Waals surface area contributed by atoms with Gasteiger partial charge in [-0.3, -0.25) is 0 Å². The monoisotopic (exact) mass is 281 g/mol. The predicted molar refractivity (Wildman–Crippen MR) is 81.2 cm³/mol. The van der Waals surface area contributed by atoms with Crippen LogP contribution in [0.25, 0.3) is 0 Å². The Labute approximate surface area is 122 Å². The molecule has 1 N–H and O–H groups in total. The van der Waals surface area contributed by atoms with Crippen LogP contribution < -0.4 is 10.1 Å². The third-order valence-electron chi connectivity index (χ3n) is 3.24. The van der Waals surface area contributed by atoms with E-state index in [4.69, 9.17) is 14.2 Å². The topological polar surface area (TPSA) is 39.7 Å². The molecule has 0 saturated heterocycles. The van der Waals surface area contributed by atoms with E-state index in [9.17, 15) is 0 Å². The van der Waals surface area contributed by atoms with E-state index in [1.54, 1.807) is 14.2 Å². The molecule has 1 aromatic rings. The lowest BCUT2D eigenvalue weighted by Gasteiger charge is -2.18. The Hall–Kier alpha value is -1.10. The van der Waals surface area contributed by atoms with Gasteiger partial charge in [-0.2, -0.15) is 0 Å². The molecule has 114 valence electrons. The first-order chi connectivity index (χ1) is 9.62. The van der Waals surface area contributed by atoms with Gasteiger partial charge in [-0.15, -0.1) is 0 Å². The molecule has 0 amide bonds. The van der Waals surface area contributed by atoms with E-state index in [-0.39, 0.29) is 6.10 Å². The third-order valence-corrected chi connectivity index (χ3v) is 3.24. The highest BCUT2D eigenvalue weighted by atomic mass is 16.5. The van der Waals surface area contributed by atoms with Crippen LogP contribution in [0.4, 0.5) is 0 Å². The van der Waals surface area contributed by atoms with Crippen molar-refractivity contribution >= 4 is 0 Å². The molecule has 0 aliphatic heterocycles. The van der Waals surface area contributed by atoms with Gasteiger partial charge in [0.1, 0.15) is 5.75 Å². The summed E-state index contributed by atoms with van der Waals surface area (Å²) >= 11 is 0. The summed E-state index contributed by atoms with van der Waals surface area (Å²) in [6.07, 6.45) is 0.0690. The van der Waals surface area contributed by atoms with Crippen LogP contribution in [0.2, 0.25) is 0 Å². The van der Waals surface area contributed by atoms with Crippen LogP contribution in [-0.4, -0.2) is 33.5 Å². The van der Waals surface area contributed by atoms with Crippen molar-refractivity contribution < 1.29 is 14.2 Å². The highest BCUT2D eigenvalue weighted by Gasteiger charge is 2.10. The van der Waals surface area contributed by atoms with Crippen molar-refractivity contribution in [2.75, 3.05) is 27.4 Å². The minimum absolute atomic E-state index is 0.0690. The van der Waals surface area contributed by atoms with Crippen molar-refractivity contribution in [1.29, 1.82) is 0 Å². The molecular formula is C16H27NO3. The predicted octanol–water partition coefficient (Wildman–Crippen LogP) is 2.92. The summed E-state index contributed by atoms with van der Waals surface area (Å²) in [6, 6.07) is 6.56. The van der Waals surface area contributed by atoms with Crippen molar-refractivity contribution in [2.24, 2.45) is 0 Å². The van der Waals surface area contributed by atoms with E-state index in [0.29, 0.717) is 19.3 Å². The fourth-order valence-corrected chi connectivity index (χ4v) is 2.12. The van der Waals surface area contributed by atoms with Gasteiger partial charge in [0.05, 0.1) is 26.4 Å². The summed E-state index contributed by atoms with van der Waals surface area (Å²) in [5, 5.41) is 3.41. The summed E-state index contributed by atoms with van der Waals surface area (Å²) < 4.78 is 16.3. The summed E-state index contributed by atoms with van der Waals surface area (Å²) in [7, 11) is 3.37. The number of hydrogen-bond donors (Lipinski definition) is 1. The van der Waals surface area contributed by atoms with Gasteiger partial charge >= 0.3 is 0 Å². The first-order valence-electron chi connectivity index (χ1n) is 7.13. The van der Waals surface area contributed by atoms with Crippen molar-refractivity contribution in [3.05, 3.63) is 29.3 Å². The molecule has 0 spiro atoms. The van der Waals surface area contributed by atoms with Crippen molar-refractivity contribution in [1.82, 2.24) is 5.32 Å². The molecule has 1 aromatic carbocycles. The van der Waals surface area contributed by atoms with Gasteiger partial charge in [0.25, 0.3) is 0 Å². The number of nitrogens with one attached hydrogen (secondary N) is 1. The molecule has 20 heavy (non-hydrogen) atoms. The molecule has 4 heteroatoms. The second kappa shape index (κ2) is 8.95. The van der Waals surface area contributed by atoms with E-state index < -0.39 is 0 Å². The third kappa shape index (κ3) is 5.12. The molecule has 0 saturated carbocycles. The smallest absolute Gasteiger partial charge is 0.124 e. The van der Waals surface area contributed by atoms with E-state index in [2.05, 4.69) is 31.3 Å². The standard InChI is InChI=1S/C16H27NO3/c1-6-17-13(3)14-7-8-16(19-5)15(9-14)11-20-12(2)10-18-4/h7-9,12-13,17H,6,10-11H2,1-5H3. The molecule has 0 radical (unpaired) electrons. The van der Waals surface area contributed by atoms with Gasteiger partial charge in [0.15, 0.2) is 0 Å². The average Bonchev–Trinajstić information content (AvgIpc) is 2.45. The molecule has 2 atom stereocenters. The number of rotatable bonds is 9.